The lowest BCUT2D eigenvalue weighted by atomic mass is 9.95. The van der Waals surface area contributed by atoms with E-state index < -0.39 is 22.3 Å². The Morgan fingerprint density at radius 2 is 1.96 bits per heavy atom. The molecule has 1 aromatic rings. The molecule has 0 bridgehead atoms. The summed E-state index contributed by atoms with van der Waals surface area (Å²) in [6.45, 7) is 6.47. The van der Waals surface area contributed by atoms with E-state index in [4.69, 9.17) is 8.92 Å². The number of piperidine rings is 1. The number of aryl methyl sites for hydroxylation is 1. The van der Waals surface area contributed by atoms with Gasteiger partial charge in [-0.2, -0.15) is 8.42 Å². The monoisotopic (exact) mass is 385 g/mol. The predicted octanol–water partition coefficient (Wildman–Crippen LogP) is 2.18. The maximum Gasteiger partial charge on any atom is 0.409 e. The smallest absolute Gasteiger partial charge is 0.409 e. The summed E-state index contributed by atoms with van der Waals surface area (Å²) < 4.78 is 34.7. The Balaban J connectivity index is 1.86. The molecule has 7 nitrogen and oxygen atoms in total. The van der Waals surface area contributed by atoms with E-state index in [1.807, 2.05) is 20.8 Å². The van der Waals surface area contributed by atoms with E-state index in [2.05, 4.69) is 0 Å². The Kier molecular flexibility index (Phi) is 7.02. The Labute approximate surface area is 155 Å². The molecule has 0 aromatic heterocycles. The molecule has 1 aliphatic rings. The highest BCUT2D eigenvalue weighted by molar-refractivity contribution is 7.86. The first-order valence-electron chi connectivity index (χ1n) is 8.75. The van der Waals surface area contributed by atoms with Crippen molar-refractivity contribution < 1.29 is 27.2 Å². The van der Waals surface area contributed by atoms with Crippen LogP contribution < -0.4 is 0 Å². The highest BCUT2D eigenvalue weighted by atomic mass is 32.2. The van der Waals surface area contributed by atoms with Gasteiger partial charge >= 0.3 is 6.09 Å². The molecule has 8 heteroatoms. The number of ether oxygens (including phenoxy) is 1. The number of carbonyl (C=O) groups excluding carboxylic acids is 1. The first-order valence-corrected chi connectivity index (χ1v) is 10.2. The molecular formula is C18H27NO6S. The van der Waals surface area contributed by atoms with Crippen LogP contribution in [0.3, 0.4) is 0 Å². The Morgan fingerprint density at radius 1 is 1.31 bits per heavy atom. The van der Waals surface area contributed by atoms with Crippen molar-refractivity contribution in [2.24, 2.45) is 11.8 Å². The molecule has 1 N–H and O–H groups in total. The number of amides is 1. The van der Waals surface area contributed by atoms with Crippen LogP contribution in [0.5, 0.6) is 0 Å². The molecule has 2 rings (SSSR count). The van der Waals surface area contributed by atoms with Crippen molar-refractivity contribution in [2.45, 2.75) is 38.2 Å². The molecule has 146 valence electrons. The van der Waals surface area contributed by atoms with Crippen LogP contribution in [-0.2, 0) is 19.0 Å². The summed E-state index contributed by atoms with van der Waals surface area (Å²) in [5.74, 6) is -0.119. The average Bonchev–Trinajstić information content (AvgIpc) is 2.59. The fourth-order valence-corrected chi connectivity index (χ4v) is 3.58. The average molecular weight is 385 g/mol. The standard InChI is InChI=1S/C18H27NO6S/c1-13(2)11-24-18(21)19-9-8-15(17(20)10-19)12-25-26(22,23)16-6-4-14(3)5-7-16/h4-7,13,15,17,20H,8-12H2,1-3H3. The van der Waals surface area contributed by atoms with Crippen LogP contribution in [0.15, 0.2) is 29.2 Å². The minimum atomic E-state index is -3.86. The third-order valence-corrected chi connectivity index (χ3v) is 5.56. The number of benzene rings is 1. The van der Waals surface area contributed by atoms with Gasteiger partial charge in [0.25, 0.3) is 10.1 Å². The van der Waals surface area contributed by atoms with Gasteiger partial charge < -0.3 is 14.7 Å². The van der Waals surface area contributed by atoms with Gasteiger partial charge in [0.2, 0.25) is 0 Å². The fraction of sp³-hybridized carbons (Fsp3) is 0.611. The summed E-state index contributed by atoms with van der Waals surface area (Å²) in [5.41, 5.74) is 0.955. The third-order valence-electron chi connectivity index (χ3n) is 4.27. The van der Waals surface area contributed by atoms with Gasteiger partial charge in [-0.05, 0) is 31.4 Å². The number of carbonyl (C=O) groups is 1. The molecule has 1 fully saturated rings. The van der Waals surface area contributed by atoms with E-state index in [-0.39, 0.29) is 29.9 Å². The molecule has 26 heavy (non-hydrogen) atoms. The van der Waals surface area contributed by atoms with Crippen molar-refractivity contribution in [3.8, 4) is 0 Å². The van der Waals surface area contributed by atoms with E-state index in [0.29, 0.717) is 19.6 Å². The molecule has 2 unspecified atom stereocenters. The van der Waals surface area contributed by atoms with Crippen LogP contribution in [0.1, 0.15) is 25.8 Å². The van der Waals surface area contributed by atoms with Gasteiger partial charge in [0.05, 0.1) is 30.8 Å². The molecule has 0 radical (unpaired) electrons. The third kappa shape index (κ3) is 5.69. The summed E-state index contributed by atoms with van der Waals surface area (Å²) >= 11 is 0. The van der Waals surface area contributed by atoms with Crippen LogP contribution in [-0.4, -0.2) is 56.9 Å². The SMILES string of the molecule is Cc1ccc(S(=O)(=O)OCC2CCN(C(=O)OCC(C)C)CC2O)cc1. The lowest BCUT2D eigenvalue weighted by Crippen LogP contribution is -2.48. The lowest BCUT2D eigenvalue weighted by molar-refractivity contribution is -0.000712. The number of nitrogens with zero attached hydrogens (tertiary/aromatic N) is 1. The largest absolute Gasteiger partial charge is 0.449 e. The van der Waals surface area contributed by atoms with Crippen molar-refractivity contribution in [2.75, 3.05) is 26.3 Å². The number of aliphatic hydroxyl groups is 1. The van der Waals surface area contributed by atoms with Crippen LogP contribution in [0.2, 0.25) is 0 Å². The second-order valence-electron chi connectivity index (χ2n) is 7.08. The van der Waals surface area contributed by atoms with Crippen molar-refractivity contribution in [1.29, 1.82) is 0 Å². The zero-order valence-corrected chi connectivity index (χ0v) is 16.2. The van der Waals surface area contributed by atoms with Crippen LogP contribution in [0.4, 0.5) is 4.79 Å². The minimum Gasteiger partial charge on any atom is -0.449 e. The zero-order valence-electron chi connectivity index (χ0n) is 15.4. The quantitative estimate of drug-likeness (QED) is 0.755. The fourth-order valence-electron chi connectivity index (χ4n) is 2.62. The topological polar surface area (TPSA) is 93.1 Å². The molecular weight excluding hydrogens is 358 g/mol. The Hall–Kier alpha value is -1.64. The van der Waals surface area contributed by atoms with E-state index in [0.717, 1.165) is 5.56 Å². The van der Waals surface area contributed by atoms with Gasteiger partial charge in [0.15, 0.2) is 0 Å². The Bertz CT molecular complexity index is 701. The summed E-state index contributed by atoms with van der Waals surface area (Å²) in [5, 5.41) is 10.2. The maximum atomic E-state index is 12.2. The maximum absolute atomic E-state index is 12.2. The highest BCUT2D eigenvalue weighted by Gasteiger charge is 2.32. The number of likely N-dealkylation sites (tertiary alicyclic amines) is 1. The highest BCUT2D eigenvalue weighted by Crippen LogP contribution is 2.22. The molecule has 1 amide bonds. The van der Waals surface area contributed by atoms with Gasteiger partial charge in [-0.3, -0.25) is 4.18 Å². The molecule has 1 aromatic carbocycles. The second-order valence-corrected chi connectivity index (χ2v) is 8.70. The van der Waals surface area contributed by atoms with Gasteiger partial charge in [0, 0.05) is 12.5 Å². The number of aliphatic hydroxyl groups excluding tert-OH is 1. The minimum absolute atomic E-state index is 0.0901. The molecule has 1 aliphatic heterocycles. The van der Waals surface area contributed by atoms with E-state index in [9.17, 15) is 18.3 Å². The normalized spacial score (nSPS) is 21.0. The van der Waals surface area contributed by atoms with Gasteiger partial charge in [-0.15, -0.1) is 0 Å². The van der Waals surface area contributed by atoms with E-state index in [1.165, 1.54) is 17.0 Å². The van der Waals surface area contributed by atoms with Crippen molar-refractivity contribution >= 4 is 16.2 Å². The molecule has 0 saturated carbocycles. The predicted molar refractivity (Wildman–Crippen MR) is 96.2 cm³/mol. The number of hydrogen-bond donors (Lipinski definition) is 1. The van der Waals surface area contributed by atoms with Crippen molar-refractivity contribution in [1.82, 2.24) is 4.90 Å². The summed E-state index contributed by atoms with van der Waals surface area (Å²) in [7, 11) is -3.86. The molecule has 2 atom stereocenters. The van der Waals surface area contributed by atoms with Crippen molar-refractivity contribution in [3.05, 3.63) is 29.8 Å². The number of rotatable bonds is 6. The van der Waals surface area contributed by atoms with E-state index in [1.54, 1.807) is 12.1 Å². The molecule has 0 spiro atoms. The first-order chi connectivity index (χ1) is 12.2. The summed E-state index contributed by atoms with van der Waals surface area (Å²) in [6, 6.07) is 6.39. The second kappa shape index (κ2) is 8.83. The van der Waals surface area contributed by atoms with Crippen LogP contribution in [0, 0.1) is 18.8 Å². The van der Waals surface area contributed by atoms with Crippen molar-refractivity contribution in [3.63, 3.8) is 0 Å². The van der Waals surface area contributed by atoms with Gasteiger partial charge in [0.1, 0.15) is 0 Å². The molecule has 1 heterocycles. The first kappa shape index (κ1) is 20.7. The lowest BCUT2D eigenvalue weighted by Gasteiger charge is -2.35. The number of hydrogen-bond acceptors (Lipinski definition) is 6. The zero-order chi connectivity index (χ0) is 19.3. The molecule has 0 aliphatic carbocycles. The number of β-amino-alcohol motifs (C(OH)–C–C–N with tert-alkyl or cyclic N) is 1. The van der Waals surface area contributed by atoms with Crippen LogP contribution in [0.25, 0.3) is 0 Å². The van der Waals surface area contributed by atoms with Gasteiger partial charge in [-0.25, -0.2) is 4.79 Å². The summed E-state index contributed by atoms with van der Waals surface area (Å²) in [6.07, 6.45) is -0.866. The summed E-state index contributed by atoms with van der Waals surface area (Å²) in [4.78, 5) is 13.5. The Morgan fingerprint density at radius 3 is 2.54 bits per heavy atom. The van der Waals surface area contributed by atoms with Crippen LogP contribution >= 0.6 is 0 Å². The van der Waals surface area contributed by atoms with Gasteiger partial charge in [-0.1, -0.05) is 31.5 Å². The van der Waals surface area contributed by atoms with E-state index >= 15 is 0 Å². The molecule has 1 saturated heterocycles.